The topological polar surface area (TPSA) is 104 Å². The monoisotopic (exact) mass is 408 g/mol. The third-order valence-corrected chi connectivity index (χ3v) is 4.39. The van der Waals surface area contributed by atoms with Crippen LogP contribution >= 0.6 is 0 Å². The number of esters is 2. The van der Waals surface area contributed by atoms with Gasteiger partial charge in [0.1, 0.15) is 5.60 Å². The summed E-state index contributed by atoms with van der Waals surface area (Å²) in [5.74, 6) is -3.79. The van der Waals surface area contributed by atoms with Gasteiger partial charge in [-0.15, -0.1) is 0 Å². The van der Waals surface area contributed by atoms with Crippen LogP contribution in [0.1, 0.15) is 87.2 Å². The molecule has 154 valence electrons. The van der Waals surface area contributed by atoms with Gasteiger partial charge in [0, 0.05) is 23.6 Å². The van der Waals surface area contributed by atoms with E-state index < -0.39 is 40.6 Å². The summed E-state index contributed by atoms with van der Waals surface area (Å²) in [7, 11) is 0. The van der Waals surface area contributed by atoms with E-state index in [1.54, 1.807) is 32.9 Å². The molecular weight excluding hydrogens is 388 g/mol. The van der Waals surface area contributed by atoms with E-state index in [-0.39, 0.29) is 33.4 Å². The lowest BCUT2D eigenvalue weighted by molar-refractivity contribution is -0.131. The molecule has 0 unspecified atom stereocenters. The summed E-state index contributed by atoms with van der Waals surface area (Å²) in [5.41, 5.74) is -1.45. The number of Topliss-reactive ketones (excluding diaryl/α,β-unsaturated/α-hetero) is 1. The number of benzene rings is 2. The molecule has 2 aromatic rings. The van der Waals surface area contributed by atoms with Gasteiger partial charge >= 0.3 is 11.9 Å². The Labute approximate surface area is 173 Å². The highest BCUT2D eigenvalue weighted by molar-refractivity contribution is 6.31. The highest BCUT2D eigenvalue weighted by atomic mass is 16.6. The second-order valence-corrected chi connectivity index (χ2v) is 7.91. The Bertz CT molecular complexity index is 1130. The van der Waals surface area contributed by atoms with Gasteiger partial charge in [0.25, 0.3) is 0 Å². The standard InChI is InChI=1S/C23H20O7/c1-11(24)17-16(22(28)30-23(3,4)5)10-15-18(21(17)29-12(2)25)20(27)14-9-7-6-8-13(14)19(15)26/h6-10H,1-5H3. The fraction of sp³-hybridized carbons (Fsp3) is 0.261. The molecule has 0 aliphatic heterocycles. The van der Waals surface area contributed by atoms with Crippen molar-refractivity contribution < 1.29 is 33.4 Å². The quantitative estimate of drug-likeness (QED) is 0.371. The number of ketones is 3. The van der Waals surface area contributed by atoms with Gasteiger partial charge in [0.2, 0.25) is 0 Å². The Morgan fingerprint density at radius 1 is 0.867 bits per heavy atom. The molecule has 2 aromatic carbocycles. The van der Waals surface area contributed by atoms with Crippen LogP contribution in [0.5, 0.6) is 5.75 Å². The molecule has 0 atom stereocenters. The molecule has 0 bridgehead atoms. The molecule has 0 radical (unpaired) electrons. The molecule has 0 fully saturated rings. The van der Waals surface area contributed by atoms with E-state index >= 15 is 0 Å². The lowest BCUT2D eigenvalue weighted by Crippen LogP contribution is -2.28. The first-order valence-electron chi connectivity index (χ1n) is 9.24. The van der Waals surface area contributed by atoms with E-state index in [1.165, 1.54) is 25.1 Å². The predicted molar refractivity (Wildman–Crippen MR) is 106 cm³/mol. The van der Waals surface area contributed by atoms with Crippen molar-refractivity contribution in [1.29, 1.82) is 0 Å². The van der Waals surface area contributed by atoms with Crippen molar-refractivity contribution in [1.82, 2.24) is 0 Å². The van der Waals surface area contributed by atoms with E-state index in [9.17, 15) is 24.0 Å². The van der Waals surface area contributed by atoms with Gasteiger partial charge in [-0.1, -0.05) is 24.3 Å². The molecule has 1 aliphatic rings. The van der Waals surface area contributed by atoms with Crippen molar-refractivity contribution >= 4 is 29.3 Å². The number of hydrogen-bond donors (Lipinski definition) is 0. The van der Waals surface area contributed by atoms with Gasteiger partial charge < -0.3 is 9.47 Å². The lowest BCUT2D eigenvalue weighted by Gasteiger charge is -2.24. The molecule has 0 N–H and O–H groups in total. The zero-order chi connectivity index (χ0) is 22.4. The largest absolute Gasteiger partial charge is 0.456 e. The van der Waals surface area contributed by atoms with Gasteiger partial charge in [0.15, 0.2) is 23.1 Å². The molecule has 0 aromatic heterocycles. The van der Waals surface area contributed by atoms with Crippen LogP contribution in [0.4, 0.5) is 0 Å². The Morgan fingerprint density at radius 2 is 1.43 bits per heavy atom. The number of fused-ring (bicyclic) bond motifs is 2. The molecule has 1 aliphatic carbocycles. The van der Waals surface area contributed by atoms with Crippen molar-refractivity contribution in [2.24, 2.45) is 0 Å². The smallest absolute Gasteiger partial charge is 0.339 e. The summed E-state index contributed by atoms with van der Waals surface area (Å²) >= 11 is 0. The van der Waals surface area contributed by atoms with Gasteiger partial charge in [-0.05, 0) is 33.8 Å². The van der Waals surface area contributed by atoms with Crippen LogP contribution in [0.2, 0.25) is 0 Å². The molecular formula is C23H20O7. The molecule has 7 nitrogen and oxygen atoms in total. The lowest BCUT2D eigenvalue weighted by atomic mass is 9.80. The first kappa shape index (κ1) is 21.1. The minimum Gasteiger partial charge on any atom is -0.456 e. The van der Waals surface area contributed by atoms with E-state index in [0.29, 0.717) is 0 Å². The summed E-state index contributed by atoms with van der Waals surface area (Å²) in [6.07, 6.45) is 0. The van der Waals surface area contributed by atoms with E-state index in [4.69, 9.17) is 9.47 Å². The zero-order valence-electron chi connectivity index (χ0n) is 17.2. The molecule has 0 amide bonds. The fourth-order valence-corrected chi connectivity index (χ4v) is 3.31. The third-order valence-electron chi connectivity index (χ3n) is 4.39. The second-order valence-electron chi connectivity index (χ2n) is 7.91. The molecule has 3 rings (SSSR count). The van der Waals surface area contributed by atoms with Crippen LogP contribution in [0.3, 0.4) is 0 Å². The van der Waals surface area contributed by atoms with E-state index in [2.05, 4.69) is 0 Å². The Morgan fingerprint density at radius 3 is 1.93 bits per heavy atom. The normalized spacial score (nSPS) is 12.7. The van der Waals surface area contributed by atoms with Crippen molar-refractivity contribution in [2.45, 2.75) is 40.2 Å². The average Bonchev–Trinajstić information content (AvgIpc) is 2.63. The van der Waals surface area contributed by atoms with Gasteiger partial charge in [-0.2, -0.15) is 0 Å². The number of rotatable bonds is 3. The summed E-state index contributed by atoms with van der Waals surface area (Å²) in [6.45, 7) is 7.21. The Balaban J connectivity index is 2.39. The Kier molecular flexibility index (Phi) is 5.16. The van der Waals surface area contributed by atoms with Crippen molar-refractivity contribution in [3.63, 3.8) is 0 Å². The molecule has 0 saturated carbocycles. The van der Waals surface area contributed by atoms with Gasteiger partial charge in [0.05, 0.1) is 16.7 Å². The number of carbonyl (C=O) groups excluding carboxylic acids is 5. The maximum absolute atomic E-state index is 13.2. The van der Waals surface area contributed by atoms with Crippen LogP contribution in [0, 0.1) is 0 Å². The number of hydrogen-bond acceptors (Lipinski definition) is 7. The highest BCUT2D eigenvalue weighted by Gasteiger charge is 2.38. The molecule has 0 saturated heterocycles. The van der Waals surface area contributed by atoms with E-state index in [0.717, 1.165) is 6.92 Å². The summed E-state index contributed by atoms with van der Waals surface area (Å²) in [4.78, 5) is 63.3. The van der Waals surface area contributed by atoms with Crippen LogP contribution in [-0.2, 0) is 9.53 Å². The summed E-state index contributed by atoms with van der Waals surface area (Å²) in [6, 6.07) is 7.35. The zero-order valence-corrected chi connectivity index (χ0v) is 17.2. The number of ether oxygens (including phenoxy) is 2. The molecule has 0 heterocycles. The highest BCUT2D eigenvalue weighted by Crippen LogP contribution is 2.38. The SMILES string of the molecule is CC(=O)Oc1c(C(C)=O)c(C(=O)OC(C)(C)C)cc2c1C(=O)c1ccccc1C2=O. The Hall–Kier alpha value is -3.61. The minimum atomic E-state index is -0.880. The first-order valence-corrected chi connectivity index (χ1v) is 9.24. The maximum Gasteiger partial charge on any atom is 0.339 e. The van der Waals surface area contributed by atoms with Gasteiger partial charge in [-0.3, -0.25) is 19.2 Å². The minimum absolute atomic E-state index is 0.124. The number of carbonyl (C=O) groups is 5. The van der Waals surface area contributed by atoms with Crippen molar-refractivity contribution in [3.8, 4) is 5.75 Å². The fourth-order valence-electron chi connectivity index (χ4n) is 3.31. The van der Waals surface area contributed by atoms with Crippen LogP contribution in [0.25, 0.3) is 0 Å². The van der Waals surface area contributed by atoms with Crippen molar-refractivity contribution in [3.05, 3.63) is 63.7 Å². The third kappa shape index (κ3) is 3.66. The van der Waals surface area contributed by atoms with Crippen molar-refractivity contribution in [2.75, 3.05) is 0 Å². The van der Waals surface area contributed by atoms with E-state index in [1.807, 2.05) is 0 Å². The van der Waals surface area contributed by atoms with Crippen LogP contribution < -0.4 is 4.74 Å². The van der Waals surface area contributed by atoms with Crippen LogP contribution in [-0.4, -0.2) is 34.9 Å². The molecule has 0 spiro atoms. The second kappa shape index (κ2) is 7.33. The molecule has 30 heavy (non-hydrogen) atoms. The first-order chi connectivity index (χ1) is 13.9. The summed E-state index contributed by atoms with van der Waals surface area (Å²) < 4.78 is 10.6. The maximum atomic E-state index is 13.2. The predicted octanol–water partition coefficient (Wildman–Crippen LogP) is 3.55. The van der Waals surface area contributed by atoms with Crippen LogP contribution in [0.15, 0.2) is 30.3 Å². The average molecular weight is 408 g/mol. The molecule has 7 heteroatoms. The summed E-state index contributed by atoms with van der Waals surface area (Å²) in [5, 5.41) is 0. The van der Waals surface area contributed by atoms with Gasteiger partial charge in [-0.25, -0.2) is 4.79 Å².